The molecule has 0 spiro atoms. The highest BCUT2D eigenvalue weighted by Crippen LogP contribution is 2.48. The molecular weight excluding hydrogens is 247 g/mol. The van der Waals surface area contributed by atoms with Gasteiger partial charge in [0.15, 0.2) is 0 Å². The Morgan fingerprint density at radius 2 is 2.21 bits per heavy atom. The Morgan fingerprint density at radius 1 is 1.47 bits per heavy atom. The minimum atomic E-state index is -0.765. The van der Waals surface area contributed by atoms with Gasteiger partial charge in [-0.05, 0) is 36.3 Å². The number of benzene rings is 1. The zero-order valence-corrected chi connectivity index (χ0v) is 11.1. The van der Waals surface area contributed by atoms with E-state index in [0.717, 1.165) is 12.1 Å². The van der Waals surface area contributed by atoms with Gasteiger partial charge in [-0.25, -0.2) is 0 Å². The molecule has 1 aromatic carbocycles. The van der Waals surface area contributed by atoms with Gasteiger partial charge in [-0.1, -0.05) is 19.4 Å². The van der Waals surface area contributed by atoms with E-state index < -0.39 is 16.4 Å². The maximum atomic E-state index is 13.4. The van der Waals surface area contributed by atoms with Crippen molar-refractivity contribution in [3.05, 3.63) is 39.7 Å². The van der Waals surface area contributed by atoms with Crippen LogP contribution in [0.5, 0.6) is 0 Å². The van der Waals surface area contributed by atoms with Crippen molar-refractivity contribution >= 4 is 5.69 Å². The Kier molecular flexibility index (Phi) is 4.14. The summed E-state index contributed by atoms with van der Waals surface area (Å²) in [4.78, 5) is 9.81. The average Bonchev–Trinajstić information content (AvgIpc) is 3.09. The van der Waals surface area contributed by atoms with Crippen LogP contribution in [-0.4, -0.2) is 11.5 Å². The van der Waals surface area contributed by atoms with Crippen molar-refractivity contribution in [3.63, 3.8) is 0 Å². The maximum absolute atomic E-state index is 13.4. The van der Waals surface area contributed by atoms with Crippen molar-refractivity contribution in [1.82, 2.24) is 5.32 Å². The van der Waals surface area contributed by atoms with Gasteiger partial charge in [0.2, 0.25) is 5.82 Å². The summed E-state index contributed by atoms with van der Waals surface area (Å²) in [6.07, 6.45) is 4.95. The molecule has 1 aliphatic carbocycles. The van der Waals surface area contributed by atoms with E-state index in [1.807, 2.05) is 0 Å². The fourth-order valence-electron chi connectivity index (χ4n) is 2.50. The Hall–Kier alpha value is -1.49. The number of nitro benzene ring substituents is 1. The van der Waals surface area contributed by atoms with Crippen LogP contribution in [0.3, 0.4) is 0 Å². The molecule has 1 fully saturated rings. The summed E-state index contributed by atoms with van der Waals surface area (Å²) in [7, 11) is 0. The zero-order valence-electron chi connectivity index (χ0n) is 11.1. The minimum Gasteiger partial charge on any atom is -0.312 e. The highest BCUT2D eigenvalue weighted by Gasteiger charge is 2.40. The lowest BCUT2D eigenvalue weighted by molar-refractivity contribution is -0.387. The normalized spacial score (nSPS) is 16.3. The summed E-state index contributed by atoms with van der Waals surface area (Å²) in [6, 6.07) is 4.07. The second-order valence-corrected chi connectivity index (χ2v) is 5.40. The van der Waals surface area contributed by atoms with Gasteiger partial charge in [-0.2, -0.15) is 4.39 Å². The van der Waals surface area contributed by atoms with Crippen molar-refractivity contribution in [2.24, 2.45) is 5.41 Å². The van der Waals surface area contributed by atoms with Gasteiger partial charge in [0.1, 0.15) is 0 Å². The number of rotatable bonds is 7. The number of halogens is 1. The van der Waals surface area contributed by atoms with Crippen LogP contribution in [0.4, 0.5) is 10.1 Å². The molecule has 104 valence electrons. The van der Waals surface area contributed by atoms with E-state index in [1.54, 1.807) is 6.07 Å². The van der Waals surface area contributed by atoms with E-state index in [-0.39, 0.29) is 0 Å². The second-order valence-electron chi connectivity index (χ2n) is 5.40. The summed E-state index contributed by atoms with van der Waals surface area (Å²) in [5, 5.41) is 13.8. The number of nitro groups is 1. The standard InChI is InChI=1S/C14H19FN2O2/c1-2-5-14(6-7-14)10-16-9-11-3-4-13(17(18)19)12(15)8-11/h3-4,8,16H,2,5-7,9-10H2,1H3. The Morgan fingerprint density at radius 3 is 2.74 bits per heavy atom. The van der Waals surface area contributed by atoms with Crippen LogP contribution in [0.15, 0.2) is 18.2 Å². The van der Waals surface area contributed by atoms with E-state index in [4.69, 9.17) is 0 Å². The Labute approximate surface area is 112 Å². The van der Waals surface area contributed by atoms with Crippen LogP contribution < -0.4 is 5.32 Å². The van der Waals surface area contributed by atoms with Crippen LogP contribution in [-0.2, 0) is 6.54 Å². The summed E-state index contributed by atoms with van der Waals surface area (Å²) in [5.74, 6) is -0.765. The Bertz CT molecular complexity index is 473. The monoisotopic (exact) mass is 266 g/mol. The third-order valence-corrected chi connectivity index (χ3v) is 3.78. The molecule has 4 nitrogen and oxygen atoms in total. The van der Waals surface area contributed by atoms with E-state index in [9.17, 15) is 14.5 Å². The van der Waals surface area contributed by atoms with Gasteiger partial charge in [0, 0.05) is 19.2 Å². The predicted octanol–water partition coefficient (Wildman–Crippen LogP) is 3.40. The topological polar surface area (TPSA) is 55.2 Å². The van der Waals surface area contributed by atoms with E-state index >= 15 is 0 Å². The van der Waals surface area contributed by atoms with Crippen LogP contribution in [0.2, 0.25) is 0 Å². The third-order valence-electron chi connectivity index (χ3n) is 3.78. The minimum absolute atomic E-state index is 0.452. The number of hydrogen-bond acceptors (Lipinski definition) is 3. The summed E-state index contributed by atoms with van der Waals surface area (Å²) in [6.45, 7) is 3.69. The number of hydrogen-bond donors (Lipinski definition) is 1. The average molecular weight is 266 g/mol. The first kappa shape index (κ1) is 13.9. The van der Waals surface area contributed by atoms with Gasteiger partial charge in [-0.3, -0.25) is 10.1 Å². The first-order valence-electron chi connectivity index (χ1n) is 6.70. The van der Waals surface area contributed by atoms with Crippen molar-refractivity contribution in [2.45, 2.75) is 39.2 Å². The third kappa shape index (κ3) is 3.50. The van der Waals surface area contributed by atoms with Crippen LogP contribution in [0.25, 0.3) is 0 Å². The molecule has 0 aliphatic heterocycles. The van der Waals surface area contributed by atoms with Crippen molar-refractivity contribution < 1.29 is 9.31 Å². The molecule has 0 bridgehead atoms. The van der Waals surface area contributed by atoms with Gasteiger partial charge >= 0.3 is 5.69 Å². The molecule has 0 atom stereocenters. The molecule has 19 heavy (non-hydrogen) atoms. The van der Waals surface area contributed by atoms with Gasteiger partial charge in [0.05, 0.1) is 4.92 Å². The van der Waals surface area contributed by atoms with E-state index in [0.29, 0.717) is 12.0 Å². The molecule has 2 rings (SSSR count). The van der Waals surface area contributed by atoms with Crippen molar-refractivity contribution in [3.8, 4) is 0 Å². The van der Waals surface area contributed by atoms with Crippen LogP contribution in [0, 0.1) is 21.3 Å². The first-order chi connectivity index (χ1) is 9.06. The molecule has 1 N–H and O–H groups in total. The van der Waals surface area contributed by atoms with E-state index in [2.05, 4.69) is 12.2 Å². The van der Waals surface area contributed by atoms with Crippen molar-refractivity contribution in [1.29, 1.82) is 0 Å². The molecule has 1 aliphatic rings. The fraction of sp³-hybridized carbons (Fsp3) is 0.571. The number of nitrogens with one attached hydrogen (secondary N) is 1. The summed E-state index contributed by atoms with van der Waals surface area (Å²) >= 11 is 0. The zero-order chi connectivity index (χ0) is 13.9. The molecule has 1 saturated carbocycles. The second kappa shape index (κ2) is 5.65. The van der Waals surface area contributed by atoms with E-state index in [1.165, 1.54) is 37.8 Å². The molecule has 0 aromatic heterocycles. The Balaban J connectivity index is 1.87. The lowest BCUT2D eigenvalue weighted by atomic mass is 10.0. The smallest absolute Gasteiger partial charge is 0.304 e. The molecular formula is C14H19FN2O2. The SMILES string of the molecule is CCCC1(CNCc2ccc([N+](=O)[O-])c(F)c2)CC1. The summed E-state index contributed by atoms with van der Waals surface area (Å²) < 4.78 is 13.4. The molecule has 0 amide bonds. The molecule has 5 heteroatoms. The summed E-state index contributed by atoms with van der Waals surface area (Å²) in [5.41, 5.74) is 0.734. The largest absolute Gasteiger partial charge is 0.312 e. The molecule has 0 heterocycles. The van der Waals surface area contributed by atoms with Gasteiger partial charge in [0.25, 0.3) is 0 Å². The first-order valence-corrected chi connectivity index (χ1v) is 6.70. The van der Waals surface area contributed by atoms with Crippen molar-refractivity contribution in [2.75, 3.05) is 6.54 Å². The quantitative estimate of drug-likeness (QED) is 0.608. The highest BCUT2D eigenvalue weighted by atomic mass is 19.1. The lowest BCUT2D eigenvalue weighted by Gasteiger charge is -2.14. The molecule has 0 saturated heterocycles. The van der Waals surface area contributed by atoms with Crippen LogP contribution >= 0.6 is 0 Å². The molecule has 0 unspecified atom stereocenters. The fourth-order valence-corrected chi connectivity index (χ4v) is 2.50. The molecule has 1 aromatic rings. The maximum Gasteiger partial charge on any atom is 0.304 e. The molecule has 0 radical (unpaired) electrons. The van der Waals surface area contributed by atoms with Crippen LogP contribution in [0.1, 0.15) is 38.2 Å². The predicted molar refractivity (Wildman–Crippen MR) is 71.3 cm³/mol. The lowest BCUT2D eigenvalue weighted by Crippen LogP contribution is -2.23. The number of nitrogens with zero attached hydrogens (tertiary/aromatic N) is 1. The highest BCUT2D eigenvalue weighted by molar-refractivity contribution is 5.34. The van der Waals surface area contributed by atoms with Gasteiger partial charge in [-0.15, -0.1) is 0 Å². The van der Waals surface area contributed by atoms with Gasteiger partial charge < -0.3 is 5.32 Å².